The van der Waals surface area contributed by atoms with E-state index in [1.807, 2.05) is 36.1 Å². The van der Waals surface area contributed by atoms with Gasteiger partial charge in [-0.3, -0.25) is 19.1 Å². The Kier molecular flexibility index (Phi) is 5.71. The highest BCUT2D eigenvalue weighted by molar-refractivity contribution is 5.82. The fourth-order valence-corrected chi connectivity index (χ4v) is 3.97. The summed E-state index contributed by atoms with van der Waals surface area (Å²) < 4.78 is 1.50. The van der Waals surface area contributed by atoms with Crippen molar-refractivity contribution >= 4 is 16.8 Å². The molecule has 0 spiro atoms. The van der Waals surface area contributed by atoms with E-state index >= 15 is 0 Å². The number of carbonyl (C=O) groups is 1. The molecule has 4 rings (SSSR count). The molecule has 2 aromatic carbocycles. The average Bonchev–Trinajstić information content (AvgIpc) is 2.77. The summed E-state index contributed by atoms with van der Waals surface area (Å²) >= 11 is 0. The van der Waals surface area contributed by atoms with Gasteiger partial charge < -0.3 is 4.90 Å². The van der Waals surface area contributed by atoms with E-state index in [2.05, 4.69) is 34.1 Å². The largest absolute Gasteiger partial charge is 0.338 e. The van der Waals surface area contributed by atoms with Crippen LogP contribution in [0.2, 0.25) is 0 Å². The van der Waals surface area contributed by atoms with E-state index in [0.29, 0.717) is 30.4 Å². The molecular weight excluding hydrogens is 364 g/mol. The summed E-state index contributed by atoms with van der Waals surface area (Å²) in [5, 5.41) is 0.550. The Morgan fingerprint density at radius 2 is 1.69 bits per heavy atom. The van der Waals surface area contributed by atoms with Crippen LogP contribution in [0, 0.1) is 0 Å². The van der Waals surface area contributed by atoms with E-state index in [9.17, 15) is 9.59 Å². The summed E-state index contributed by atoms with van der Waals surface area (Å²) in [6, 6.07) is 17.1. The molecule has 6 heteroatoms. The first-order valence-corrected chi connectivity index (χ1v) is 10.2. The number of aromatic nitrogens is 2. The van der Waals surface area contributed by atoms with Crippen LogP contribution in [0.5, 0.6) is 0 Å². The van der Waals surface area contributed by atoms with E-state index in [-0.39, 0.29) is 11.5 Å². The second-order valence-corrected chi connectivity index (χ2v) is 7.49. The van der Waals surface area contributed by atoms with E-state index in [1.54, 1.807) is 6.07 Å². The zero-order valence-corrected chi connectivity index (χ0v) is 16.7. The first kappa shape index (κ1) is 19.3. The molecule has 1 unspecified atom stereocenters. The molecule has 1 saturated heterocycles. The molecular formula is C23H26N4O2. The third-order valence-electron chi connectivity index (χ3n) is 5.63. The van der Waals surface area contributed by atoms with Crippen LogP contribution < -0.4 is 5.56 Å². The zero-order valence-electron chi connectivity index (χ0n) is 16.7. The second kappa shape index (κ2) is 8.57. The quantitative estimate of drug-likeness (QED) is 0.672. The normalized spacial score (nSPS) is 16.1. The van der Waals surface area contributed by atoms with Gasteiger partial charge in [0.15, 0.2) is 0 Å². The smallest absolute Gasteiger partial charge is 0.261 e. The molecule has 29 heavy (non-hydrogen) atoms. The van der Waals surface area contributed by atoms with Crippen molar-refractivity contribution in [2.45, 2.75) is 25.9 Å². The van der Waals surface area contributed by atoms with Gasteiger partial charge in [0.1, 0.15) is 6.04 Å². The molecule has 3 aromatic rings. The van der Waals surface area contributed by atoms with Crippen LogP contribution >= 0.6 is 0 Å². The van der Waals surface area contributed by atoms with Crippen molar-refractivity contribution in [1.82, 2.24) is 19.4 Å². The Labute approximate surface area is 170 Å². The van der Waals surface area contributed by atoms with Crippen molar-refractivity contribution in [1.29, 1.82) is 0 Å². The summed E-state index contributed by atoms with van der Waals surface area (Å²) in [5.41, 5.74) is 1.79. The highest BCUT2D eigenvalue weighted by atomic mass is 16.2. The maximum atomic E-state index is 13.2. The van der Waals surface area contributed by atoms with Crippen LogP contribution in [0.1, 0.15) is 24.9 Å². The van der Waals surface area contributed by atoms with E-state index in [1.165, 1.54) is 16.5 Å². The highest BCUT2D eigenvalue weighted by Crippen LogP contribution is 2.17. The lowest BCUT2D eigenvalue weighted by Gasteiger charge is -2.36. The lowest BCUT2D eigenvalue weighted by Crippen LogP contribution is -2.50. The molecule has 0 aliphatic carbocycles. The van der Waals surface area contributed by atoms with Gasteiger partial charge in [-0.1, -0.05) is 49.4 Å². The Morgan fingerprint density at radius 3 is 2.41 bits per heavy atom. The Balaban J connectivity index is 1.46. The molecule has 2 heterocycles. The predicted octanol–water partition coefficient (Wildman–Crippen LogP) is 2.69. The Morgan fingerprint density at radius 1 is 1.00 bits per heavy atom. The standard InChI is InChI=1S/C23H26N4O2/c1-2-21(27-17-24-20-11-7-6-10-19(20)22(27)28)23(29)26-14-12-25(13-15-26)16-18-8-4-3-5-9-18/h3-11,17,21H,2,12-16H2,1H3. The number of rotatable bonds is 5. The molecule has 1 atom stereocenters. The van der Waals surface area contributed by atoms with Gasteiger partial charge >= 0.3 is 0 Å². The molecule has 1 aliphatic rings. The van der Waals surface area contributed by atoms with Crippen molar-refractivity contribution in [2.24, 2.45) is 0 Å². The third-order valence-corrected chi connectivity index (χ3v) is 5.63. The van der Waals surface area contributed by atoms with Gasteiger partial charge in [0, 0.05) is 32.7 Å². The van der Waals surface area contributed by atoms with E-state index in [4.69, 9.17) is 0 Å². The fraction of sp³-hybridized carbons (Fsp3) is 0.348. The van der Waals surface area contributed by atoms with Crippen LogP contribution in [-0.4, -0.2) is 51.4 Å². The summed E-state index contributed by atoms with van der Waals surface area (Å²) in [6.07, 6.45) is 2.07. The third kappa shape index (κ3) is 4.07. The maximum absolute atomic E-state index is 13.2. The van der Waals surface area contributed by atoms with Gasteiger partial charge in [-0.05, 0) is 24.1 Å². The van der Waals surface area contributed by atoms with Crippen LogP contribution in [0.15, 0.2) is 65.7 Å². The summed E-state index contributed by atoms with van der Waals surface area (Å²) in [7, 11) is 0. The average molecular weight is 390 g/mol. The molecule has 1 amide bonds. The first-order chi connectivity index (χ1) is 14.2. The summed E-state index contributed by atoms with van der Waals surface area (Å²) in [6.45, 7) is 5.86. The second-order valence-electron chi connectivity index (χ2n) is 7.49. The van der Waals surface area contributed by atoms with Gasteiger partial charge in [0.25, 0.3) is 5.56 Å². The predicted molar refractivity (Wildman–Crippen MR) is 114 cm³/mol. The Bertz CT molecular complexity index is 1040. The molecule has 0 radical (unpaired) electrons. The lowest BCUT2D eigenvalue weighted by molar-refractivity contribution is -0.136. The minimum atomic E-state index is -0.514. The van der Waals surface area contributed by atoms with Crippen LogP contribution in [-0.2, 0) is 11.3 Å². The summed E-state index contributed by atoms with van der Waals surface area (Å²) in [5.74, 6) is 0.00559. The van der Waals surface area contributed by atoms with Crippen LogP contribution in [0.3, 0.4) is 0 Å². The number of para-hydroxylation sites is 1. The Hall–Kier alpha value is -2.99. The van der Waals surface area contributed by atoms with Gasteiger partial charge in [-0.2, -0.15) is 0 Å². The number of nitrogens with zero attached hydrogens (tertiary/aromatic N) is 4. The monoisotopic (exact) mass is 390 g/mol. The van der Waals surface area contributed by atoms with Crippen molar-refractivity contribution in [2.75, 3.05) is 26.2 Å². The van der Waals surface area contributed by atoms with E-state index in [0.717, 1.165) is 19.6 Å². The molecule has 1 aromatic heterocycles. The molecule has 0 bridgehead atoms. The molecule has 0 saturated carbocycles. The number of amides is 1. The molecule has 0 N–H and O–H groups in total. The maximum Gasteiger partial charge on any atom is 0.261 e. The lowest BCUT2D eigenvalue weighted by atomic mass is 10.1. The molecule has 1 fully saturated rings. The minimum Gasteiger partial charge on any atom is -0.338 e. The fourth-order valence-electron chi connectivity index (χ4n) is 3.97. The number of hydrogen-bond donors (Lipinski definition) is 0. The topological polar surface area (TPSA) is 58.4 Å². The van der Waals surface area contributed by atoms with Crippen molar-refractivity contribution in [3.05, 3.63) is 76.8 Å². The molecule has 6 nitrogen and oxygen atoms in total. The number of benzene rings is 2. The van der Waals surface area contributed by atoms with Gasteiger partial charge in [0.05, 0.1) is 17.2 Å². The summed E-state index contributed by atoms with van der Waals surface area (Å²) in [4.78, 5) is 34.8. The van der Waals surface area contributed by atoms with Gasteiger partial charge in [-0.15, -0.1) is 0 Å². The first-order valence-electron chi connectivity index (χ1n) is 10.2. The minimum absolute atomic E-state index is 0.00559. The van der Waals surface area contributed by atoms with Crippen LogP contribution in [0.4, 0.5) is 0 Å². The highest BCUT2D eigenvalue weighted by Gasteiger charge is 2.28. The number of fused-ring (bicyclic) bond motifs is 1. The van der Waals surface area contributed by atoms with Gasteiger partial charge in [-0.25, -0.2) is 4.98 Å². The van der Waals surface area contributed by atoms with Gasteiger partial charge in [0.2, 0.25) is 5.91 Å². The van der Waals surface area contributed by atoms with Crippen LogP contribution in [0.25, 0.3) is 10.9 Å². The molecule has 1 aliphatic heterocycles. The van der Waals surface area contributed by atoms with Crippen molar-refractivity contribution in [3.63, 3.8) is 0 Å². The van der Waals surface area contributed by atoms with E-state index < -0.39 is 6.04 Å². The molecule has 150 valence electrons. The number of piperazine rings is 1. The SMILES string of the molecule is CCC(C(=O)N1CCN(Cc2ccccc2)CC1)n1cnc2ccccc2c1=O. The number of carbonyl (C=O) groups excluding carboxylic acids is 1. The van der Waals surface area contributed by atoms with Crippen molar-refractivity contribution in [3.8, 4) is 0 Å². The number of hydrogen-bond acceptors (Lipinski definition) is 4. The zero-order chi connectivity index (χ0) is 20.2. The van der Waals surface area contributed by atoms with Crippen molar-refractivity contribution < 1.29 is 4.79 Å².